The summed E-state index contributed by atoms with van der Waals surface area (Å²) in [6, 6.07) is 8.63. The lowest BCUT2D eigenvalue weighted by Crippen LogP contribution is -2.33. The second-order valence-electron chi connectivity index (χ2n) is 3.21. The number of ether oxygens (including phenoxy) is 1. The summed E-state index contributed by atoms with van der Waals surface area (Å²) in [7, 11) is 0. The Balaban J connectivity index is 2.34. The summed E-state index contributed by atoms with van der Waals surface area (Å²) in [4.78, 5) is 11.2. The molecular weight excluding hydrogens is 194 g/mol. The van der Waals surface area contributed by atoms with E-state index in [1.54, 1.807) is 0 Å². The summed E-state index contributed by atoms with van der Waals surface area (Å²) in [5.74, 6) is -0.479. The van der Waals surface area contributed by atoms with E-state index < -0.39 is 12.0 Å². The largest absolute Gasteiger partial charge is 0.460 e. The molecule has 0 saturated heterocycles. The van der Waals surface area contributed by atoms with Gasteiger partial charge < -0.3 is 15.6 Å². The maximum Gasteiger partial charge on any atom is 0.323 e. The van der Waals surface area contributed by atoms with E-state index in [0.29, 0.717) is 0 Å². The summed E-state index contributed by atoms with van der Waals surface area (Å²) in [6.07, 6.45) is 0.230. The molecule has 1 atom stereocenters. The minimum absolute atomic E-state index is 0.110. The van der Waals surface area contributed by atoms with Gasteiger partial charge in [0.15, 0.2) is 0 Å². The molecule has 0 amide bonds. The van der Waals surface area contributed by atoms with E-state index in [0.717, 1.165) is 5.56 Å². The van der Waals surface area contributed by atoms with Crippen LogP contribution in [0.2, 0.25) is 0 Å². The topological polar surface area (TPSA) is 72.5 Å². The highest BCUT2D eigenvalue weighted by Gasteiger charge is 2.13. The number of benzene rings is 1. The lowest BCUT2D eigenvalue weighted by molar-refractivity contribution is -0.146. The molecule has 3 N–H and O–H groups in total. The predicted octanol–water partition coefficient (Wildman–Crippen LogP) is 0.439. The van der Waals surface area contributed by atoms with Crippen molar-refractivity contribution in [3.63, 3.8) is 0 Å². The molecule has 0 aromatic heterocycles. The van der Waals surface area contributed by atoms with Crippen LogP contribution in [0.15, 0.2) is 30.3 Å². The molecule has 1 aromatic rings. The third kappa shape index (κ3) is 4.10. The number of aliphatic hydroxyl groups is 1. The van der Waals surface area contributed by atoms with Crippen LogP contribution < -0.4 is 5.73 Å². The van der Waals surface area contributed by atoms with E-state index in [-0.39, 0.29) is 19.6 Å². The maximum absolute atomic E-state index is 11.2. The summed E-state index contributed by atoms with van der Waals surface area (Å²) >= 11 is 0. The molecule has 0 aliphatic carbocycles. The van der Waals surface area contributed by atoms with Crippen molar-refractivity contribution >= 4 is 5.97 Å². The Bertz CT molecular complexity index is 300. The minimum Gasteiger partial charge on any atom is -0.460 e. The van der Waals surface area contributed by atoms with E-state index in [2.05, 4.69) is 0 Å². The van der Waals surface area contributed by atoms with Crippen molar-refractivity contribution < 1.29 is 14.6 Å². The van der Waals surface area contributed by atoms with E-state index >= 15 is 0 Å². The lowest BCUT2D eigenvalue weighted by atomic mass is 10.2. The second-order valence-corrected chi connectivity index (χ2v) is 3.21. The minimum atomic E-state index is -0.737. The molecule has 0 aliphatic heterocycles. The highest BCUT2D eigenvalue weighted by Crippen LogP contribution is 2.02. The van der Waals surface area contributed by atoms with Crippen LogP contribution in [0.4, 0.5) is 0 Å². The molecule has 1 rings (SSSR count). The Kier molecular flexibility index (Phi) is 4.80. The van der Waals surface area contributed by atoms with Crippen LogP contribution in [0, 0.1) is 0 Å². The average molecular weight is 209 g/mol. The van der Waals surface area contributed by atoms with Crippen LogP contribution in [-0.2, 0) is 16.1 Å². The van der Waals surface area contributed by atoms with E-state index in [1.165, 1.54) is 0 Å². The van der Waals surface area contributed by atoms with Gasteiger partial charge in [0.05, 0.1) is 0 Å². The van der Waals surface area contributed by atoms with Crippen molar-refractivity contribution in [2.24, 2.45) is 5.73 Å². The highest BCUT2D eigenvalue weighted by atomic mass is 16.5. The molecule has 4 heteroatoms. The Hall–Kier alpha value is -1.39. The summed E-state index contributed by atoms with van der Waals surface area (Å²) < 4.78 is 4.97. The van der Waals surface area contributed by atoms with Gasteiger partial charge in [0.25, 0.3) is 0 Å². The number of aliphatic hydroxyl groups excluding tert-OH is 1. The zero-order valence-corrected chi connectivity index (χ0v) is 8.43. The zero-order chi connectivity index (χ0) is 11.1. The molecule has 0 unspecified atom stereocenters. The third-order valence-electron chi connectivity index (χ3n) is 1.97. The number of esters is 1. The quantitative estimate of drug-likeness (QED) is 0.690. The van der Waals surface area contributed by atoms with Gasteiger partial charge in [0.2, 0.25) is 0 Å². The zero-order valence-electron chi connectivity index (χ0n) is 8.43. The fourth-order valence-corrected chi connectivity index (χ4v) is 1.09. The first kappa shape index (κ1) is 11.7. The molecule has 0 fully saturated rings. The van der Waals surface area contributed by atoms with Crippen molar-refractivity contribution in [2.75, 3.05) is 6.61 Å². The first-order chi connectivity index (χ1) is 7.24. The van der Waals surface area contributed by atoms with Crippen LogP contribution in [-0.4, -0.2) is 23.7 Å². The Morgan fingerprint density at radius 3 is 2.67 bits per heavy atom. The fraction of sp³-hybridized carbons (Fsp3) is 0.364. The van der Waals surface area contributed by atoms with Crippen molar-refractivity contribution in [3.05, 3.63) is 35.9 Å². The summed E-state index contributed by atoms with van der Waals surface area (Å²) in [5, 5.41) is 8.58. The molecule has 0 saturated carbocycles. The van der Waals surface area contributed by atoms with Gasteiger partial charge in [-0.1, -0.05) is 30.3 Å². The Labute approximate surface area is 88.7 Å². The van der Waals surface area contributed by atoms with E-state index in [1.807, 2.05) is 30.3 Å². The standard InChI is InChI=1S/C11H15NO3/c12-10(6-7-13)11(14)15-8-9-4-2-1-3-5-9/h1-5,10,13H,6-8,12H2/t10-/m0/s1. The Morgan fingerprint density at radius 2 is 2.07 bits per heavy atom. The molecule has 0 bridgehead atoms. The van der Waals surface area contributed by atoms with Gasteiger partial charge >= 0.3 is 5.97 Å². The first-order valence-electron chi connectivity index (χ1n) is 4.81. The molecule has 0 aliphatic rings. The monoisotopic (exact) mass is 209 g/mol. The first-order valence-corrected chi connectivity index (χ1v) is 4.81. The van der Waals surface area contributed by atoms with Gasteiger partial charge in [-0.2, -0.15) is 0 Å². The van der Waals surface area contributed by atoms with Crippen molar-refractivity contribution in [3.8, 4) is 0 Å². The molecule has 82 valence electrons. The molecule has 15 heavy (non-hydrogen) atoms. The van der Waals surface area contributed by atoms with Gasteiger partial charge in [-0.25, -0.2) is 0 Å². The molecule has 1 aromatic carbocycles. The summed E-state index contributed by atoms with van der Waals surface area (Å²) in [6.45, 7) is 0.112. The summed E-state index contributed by atoms with van der Waals surface area (Å²) in [5.41, 5.74) is 6.38. The SMILES string of the molecule is N[C@@H](CCO)C(=O)OCc1ccccc1. The Morgan fingerprint density at radius 1 is 1.40 bits per heavy atom. The van der Waals surface area contributed by atoms with Gasteiger partial charge in [0.1, 0.15) is 12.6 Å². The smallest absolute Gasteiger partial charge is 0.323 e. The van der Waals surface area contributed by atoms with Crippen LogP contribution in [0.3, 0.4) is 0 Å². The average Bonchev–Trinajstić information content (AvgIpc) is 2.27. The number of carbonyl (C=O) groups excluding carboxylic acids is 1. The number of nitrogens with two attached hydrogens (primary N) is 1. The van der Waals surface area contributed by atoms with Crippen molar-refractivity contribution in [2.45, 2.75) is 19.1 Å². The number of hydrogen-bond acceptors (Lipinski definition) is 4. The highest BCUT2D eigenvalue weighted by molar-refractivity contribution is 5.75. The van der Waals surface area contributed by atoms with Crippen LogP contribution in [0.25, 0.3) is 0 Å². The maximum atomic E-state index is 11.2. The molecule has 0 radical (unpaired) electrons. The molecule has 0 spiro atoms. The fourth-order valence-electron chi connectivity index (χ4n) is 1.09. The van der Waals surface area contributed by atoms with Crippen LogP contribution >= 0.6 is 0 Å². The number of rotatable bonds is 5. The number of hydrogen-bond donors (Lipinski definition) is 2. The van der Waals surface area contributed by atoms with Crippen molar-refractivity contribution in [1.29, 1.82) is 0 Å². The van der Waals surface area contributed by atoms with Gasteiger partial charge in [-0.15, -0.1) is 0 Å². The lowest BCUT2D eigenvalue weighted by Gasteiger charge is -2.09. The van der Waals surface area contributed by atoms with E-state index in [4.69, 9.17) is 15.6 Å². The third-order valence-corrected chi connectivity index (χ3v) is 1.97. The van der Waals surface area contributed by atoms with Gasteiger partial charge in [-0.05, 0) is 12.0 Å². The predicted molar refractivity (Wildman–Crippen MR) is 55.9 cm³/mol. The van der Waals surface area contributed by atoms with Gasteiger partial charge in [-0.3, -0.25) is 4.79 Å². The van der Waals surface area contributed by atoms with Crippen LogP contribution in [0.5, 0.6) is 0 Å². The second kappa shape index (κ2) is 6.16. The number of carbonyl (C=O) groups is 1. The molecule has 4 nitrogen and oxygen atoms in total. The molecular formula is C11H15NO3. The normalized spacial score (nSPS) is 12.1. The van der Waals surface area contributed by atoms with Crippen molar-refractivity contribution in [1.82, 2.24) is 0 Å². The van der Waals surface area contributed by atoms with Gasteiger partial charge in [0, 0.05) is 6.61 Å². The van der Waals surface area contributed by atoms with Crippen LogP contribution in [0.1, 0.15) is 12.0 Å². The van der Waals surface area contributed by atoms with E-state index in [9.17, 15) is 4.79 Å². The molecule has 0 heterocycles.